The Morgan fingerprint density at radius 1 is 1.67 bits per heavy atom. The van der Waals surface area contributed by atoms with Gasteiger partial charge < -0.3 is 10.4 Å². The monoisotopic (exact) mass is 365 g/mol. The topological polar surface area (TPSA) is 67.2 Å². The van der Waals surface area contributed by atoms with Crippen molar-refractivity contribution in [3.8, 4) is 0 Å². The summed E-state index contributed by atoms with van der Waals surface area (Å²) >= 11 is 2.21. The van der Waals surface area contributed by atoms with Crippen LogP contribution in [0.5, 0.6) is 0 Å². The van der Waals surface area contributed by atoms with Crippen LogP contribution in [0.15, 0.2) is 12.4 Å². The highest BCUT2D eigenvalue weighted by molar-refractivity contribution is 14.1. The fourth-order valence-electron chi connectivity index (χ4n) is 1.73. The number of carboxylic acids is 1. The van der Waals surface area contributed by atoms with Crippen molar-refractivity contribution in [3.05, 3.63) is 16.0 Å². The zero-order valence-corrected chi connectivity index (χ0v) is 13.0. The number of hydrogen-bond donors (Lipinski definition) is 2. The SMILES string of the molecule is CCCNC(C)(CCCn1cc(I)cn1)C(=O)O. The molecular weight excluding hydrogens is 345 g/mol. The minimum Gasteiger partial charge on any atom is -0.480 e. The van der Waals surface area contributed by atoms with Crippen LogP contribution in [0.4, 0.5) is 0 Å². The van der Waals surface area contributed by atoms with E-state index in [1.165, 1.54) is 0 Å². The van der Waals surface area contributed by atoms with Crippen LogP contribution in [0.1, 0.15) is 33.1 Å². The van der Waals surface area contributed by atoms with Gasteiger partial charge in [0.1, 0.15) is 5.54 Å². The molecule has 0 saturated carbocycles. The van der Waals surface area contributed by atoms with Gasteiger partial charge in [-0.1, -0.05) is 6.92 Å². The van der Waals surface area contributed by atoms with Gasteiger partial charge in [0.05, 0.1) is 9.77 Å². The van der Waals surface area contributed by atoms with E-state index in [1.54, 1.807) is 13.1 Å². The molecule has 5 nitrogen and oxygen atoms in total. The molecule has 1 unspecified atom stereocenters. The molecule has 0 radical (unpaired) electrons. The average Bonchev–Trinajstić information content (AvgIpc) is 2.72. The second-order valence-corrected chi connectivity index (χ2v) is 5.83. The highest BCUT2D eigenvalue weighted by Gasteiger charge is 2.31. The van der Waals surface area contributed by atoms with Gasteiger partial charge in [-0.2, -0.15) is 5.10 Å². The van der Waals surface area contributed by atoms with Gasteiger partial charge in [-0.15, -0.1) is 0 Å². The zero-order chi connectivity index (χ0) is 13.6. The Labute approximate surface area is 121 Å². The van der Waals surface area contributed by atoms with Crippen molar-refractivity contribution in [1.82, 2.24) is 15.1 Å². The maximum absolute atomic E-state index is 11.3. The number of halogens is 1. The Hall–Kier alpha value is -0.630. The van der Waals surface area contributed by atoms with E-state index < -0.39 is 11.5 Å². The molecule has 0 spiro atoms. The van der Waals surface area contributed by atoms with Gasteiger partial charge in [0.25, 0.3) is 0 Å². The third kappa shape index (κ3) is 4.56. The maximum atomic E-state index is 11.3. The number of aromatic nitrogens is 2. The van der Waals surface area contributed by atoms with Gasteiger partial charge in [-0.25, -0.2) is 0 Å². The van der Waals surface area contributed by atoms with Crippen molar-refractivity contribution >= 4 is 28.6 Å². The Bertz CT molecular complexity index is 394. The number of hydrogen-bond acceptors (Lipinski definition) is 3. The van der Waals surface area contributed by atoms with Crippen molar-refractivity contribution in [2.24, 2.45) is 0 Å². The van der Waals surface area contributed by atoms with Gasteiger partial charge in [0.2, 0.25) is 0 Å². The molecule has 0 aliphatic heterocycles. The number of rotatable bonds is 8. The fourth-order valence-corrected chi connectivity index (χ4v) is 2.17. The van der Waals surface area contributed by atoms with Crippen LogP contribution < -0.4 is 5.32 Å². The lowest BCUT2D eigenvalue weighted by Crippen LogP contribution is -2.49. The van der Waals surface area contributed by atoms with Crippen LogP contribution in [0, 0.1) is 3.57 Å². The average molecular weight is 365 g/mol. The standard InChI is InChI=1S/C12H20IN3O2/c1-3-6-14-12(2,11(17)18)5-4-7-16-9-10(13)8-15-16/h8-9,14H,3-7H2,1-2H3,(H,17,18). The number of aryl methyl sites for hydroxylation is 1. The number of aliphatic carboxylic acids is 1. The smallest absolute Gasteiger partial charge is 0.323 e. The number of nitrogens with one attached hydrogen (secondary N) is 1. The number of carbonyl (C=O) groups is 1. The summed E-state index contributed by atoms with van der Waals surface area (Å²) in [6.45, 7) is 5.25. The molecule has 0 amide bonds. The van der Waals surface area contributed by atoms with Gasteiger partial charge in [-0.05, 0) is 55.3 Å². The Morgan fingerprint density at radius 3 is 2.89 bits per heavy atom. The van der Waals surface area contributed by atoms with E-state index in [4.69, 9.17) is 0 Å². The van der Waals surface area contributed by atoms with Gasteiger partial charge in [0, 0.05) is 12.7 Å². The molecule has 1 rings (SSSR count). The van der Waals surface area contributed by atoms with Crippen LogP contribution >= 0.6 is 22.6 Å². The molecule has 0 aliphatic rings. The lowest BCUT2D eigenvalue weighted by Gasteiger charge is -2.26. The van der Waals surface area contributed by atoms with E-state index >= 15 is 0 Å². The quantitative estimate of drug-likeness (QED) is 0.693. The summed E-state index contributed by atoms with van der Waals surface area (Å²) in [5, 5.41) is 16.6. The zero-order valence-electron chi connectivity index (χ0n) is 10.8. The molecule has 0 aromatic carbocycles. The third-order valence-corrected chi connectivity index (χ3v) is 3.46. The predicted octanol–water partition coefficient (Wildman–Crippen LogP) is 2.11. The van der Waals surface area contributed by atoms with Crippen LogP contribution in [0.25, 0.3) is 0 Å². The van der Waals surface area contributed by atoms with Crippen LogP contribution in [0.2, 0.25) is 0 Å². The first kappa shape index (κ1) is 15.4. The highest BCUT2D eigenvalue weighted by atomic mass is 127. The van der Waals surface area contributed by atoms with E-state index in [-0.39, 0.29) is 0 Å². The summed E-state index contributed by atoms with van der Waals surface area (Å²) in [4.78, 5) is 11.3. The molecule has 1 aromatic heterocycles. The largest absolute Gasteiger partial charge is 0.480 e. The van der Waals surface area contributed by atoms with Crippen LogP contribution in [-0.2, 0) is 11.3 Å². The summed E-state index contributed by atoms with van der Waals surface area (Å²) < 4.78 is 2.95. The van der Waals surface area contributed by atoms with Crippen molar-refractivity contribution < 1.29 is 9.90 Å². The molecule has 1 heterocycles. The van der Waals surface area contributed by atoms with E-state index in [0.29, 0.717) is 6.42 Å². The van der Waals surface area contributed by atoms with Crippen molar-refractivity contribution in [1.29, 1.82) is 0 Å². The van der Waals surface area contributed by atoms with E-state index in [0.717, 1.165) is 29.5 Å². The normalized spacial score (nSPS) is 14.4. The highest BCUT2D eigenvalue weighted by Crippen LogP contribution is 2.14. The van der Waals surface area contributed by atoms with E-state index in [9.17, 15) is 9.90 Å². The minimum absolute atomic E-state index is 0.596. The first-order chi connectivity index (χ1) is 8.48. The molecular formula is C12H20IN3O2. The molecule has 0 fully saturated rings. The first-order valence-electron chi connectivity index (χ1n) is 6.14. The fraction of sp³-hybridized carbons (Fsp3) is 0.667. The lowest BCUT2D eigenvalue weighted by atomic mass is 9.95. The van der Waals surface area contributed by atoms with E-state index in [2.05, 4.69) is 33.0 Å². The molecule has 18 heavy (non-hydrogen) atoms. The lowest BCUT2D eigenvalue weighted by molar-refractivity contribution is -0.144. The Kier molecular flexibility index (Phi) is 6.07. The summed E-state index contributed by atoms with van der Waals surface area (Å²) in [6.07, 6.45) is 6.07. The van der Waals surface area contributed by atoms with Crippen molar-refractivity contribution in [3.63, 3.8) is 0 Å². The molecule has 1 atom stereocenters. The predicted molar refractivity (Wildman–Crippen MR) is 78.5 cm³/mol. The van der Waals surface area contributed by atoms with Crippen molar-refractivity contribution in [2.45, 2.75) is 45.2 Å². The molecule has 6 heteroatoms. The maximum Gasteiger partial charge on any atom is 0.323 e. The van der Waals surface area contributed by atoms with Crippen LogP contribution in [-0.4, -0.2) is 32.9 Å². The Balaban J connectivity index is 2.44. The molecule has 0 saturated heterocycles. The molecule has 2 N–H and O–H groups in total. The number of carboxylic acid groups (broad SMARTS) is 1. The van der Waals surface area contributed by atoms with E-state index in [1.807, 2.05) is 17.8 Å². The summed E-state index contributed by atoms with van der Waals surface area (Å²) in [5.74, 6) is -0.786. The summed E-state index contributed by atoms with van der Waals surface area (Å²) in [7, 11) is 0. The van der Waals surface area contributed by atoms with Gasteiger partial charge in [0.15, 0.2) is 0 Å². The minimum atomic E-state index is -0.837. The molecule has 102 valence electrons. The Morgan fingerprint density at radius 2 is 2.39 bits per heavy atom. The van der Waals surface area contributed by atoms with Crippen molar-refractivity contribution in [2.75, 3.05) is 6.54 Å². The molecule has 1 aromatic rings. The molecule has 0 aliphatic carbocycles. The summed E-state index contributed by atoms with van der Waals surface area (Å²) in [5.41, 5.74) is -0.837. The third-order valence-electron chi connectivity index (χ3n) is 2.90. The second kappa shape index (κ2) is 7.08. The van der Waals surface area contributed by atoms with Crippen LogP contribution in [0.3, 0.4) is 0 Å². The van der Waals surface area contributed by atoms with Gasteiger partial charge in [-0.3, -0.25) is 9.48 Å². The first-order valence-corrected chi connectivity index (χ1v) is 7.22. The second-order valence-electron chi connectivity index (χ2n) is 4.59. The molecule has 0 bridgehead atoms. The number of nitrogens with zero attached hydrogens (tertiary/aromatic N) is 2. The summed E-state index contributed by atoms with van der Waals surface area (Å²) in [6, 6.07) is 0. The van der Waals surface area contributed by atoms with Gasteiger partial charge >= 0.3 is 5.97 Å².